The summed E-state index contributed by atoms with van der Waals surface area (Å²) in [6.07, 6.45) is 2.66. The summed E-state index contributed by atoms with van der Waals surface area (Å²) in [7, 11) is 0. The number of fused-ring (bicyclic) bond motifs is 3. The fourth-order valence-corrected chi connectivity index (χ4v) is 2.91. The average molecular weight is 289 g/mol. The molecule has 2 aromatic heterocycles. The minimum Gasteiger partial charge on any atom is -0.383 e. The molecule has 0 unspecified atom stereocenters. The summed E-state index contributed by atoms with van der Waals surface area (Å²) in [4.78, 5) is 11.8. The summed E-state index contributed by atoms with van der Waals surface area (Å²) in [5.74, 6) is 0.621. The number of nitrogens with two attached hydrogens (primary N) is 2. The lowest BCUT2D eigenvalue weighted by molar-refractivity contribution is 1.18. The third kappa shape index (κ3) is 1.95. The summed E-state index contributed by atoms with van der Waals surface area (Å²) < 4.78 is 0. The number of hydrogen-bond donors (Lipinski definition) is 3. The molecule has 5 nitrogen and oxygen atoms in total. The van der Waals surface area contributed by atoms with Crippen molar-refractivity contribution in [3.05, 3.63) is 59.8 Å². The van der Waals surface area contributed by atoms with Gasteiger partial charge in [-0.3, -0.25) is 0 Å². The first-order valence-corrected chi connectivity index (χ1v) is 7.08. The van der Waals surface area contributed by atoms with Gasteiger partial charge in [0.25, 0.3) is 0 Å². The molecule has 5 N–H and O–H groups in total. The summed E-state index contributed by atoms with van der Waals surface area (Å²) >= 11 is 0. The van der Waals surface area contributed by atoms with Gasteiger partial charge in [-0.05, 0) is 29.7 Å². The van der Waals surface area contributed by atoms with Crippen molar-refractivity contribution in [2.24, 2.45) is 0 Å². The lowest BCUT2D eigenvalue weighted by Crippen LogP contribution is -2.03. The van der Waals surface area contributed by atoms with Gasteiger partial charge in [0, 0.05) is 17.1 Å². The van der Waals surface area contributed by atoms with Crippen molar-refractivity contribution in [1.29, 1.82) is 0 Å². The minimum absolute atomic E-state index is 0.203. The van der Waals surface area contributed by atoms with Crippen LogP contribution in [0.4, 0.5) is 11.8 Å². The molecule has 0 bridgehead atoms. The fraction of sp³-hybridized carbons (Fsp3) is 0.0588. The third-order valence-electron chi connectivity index (χ3n) is 3.86. The van der Waals surface area contributed by atoms with Gasteiger partial charge >= 0.3 is 0 Å². The maximum Gasteiger partial charge on any atom is 0.222 e. The van der Waals surface area contributed by atoms with Crippen molar-refractivity contribution >= 4 is 33.6 Å². The molecule has 0 aliphatic heterocycles. The predicted octanol–water partition coefficient (Wildman–Crippen LogP) is 2.87. The molecule has 0 saturated heterocycles. The number of nitrogen functional groups attached to an aromatic ring is 2. The molecule has 0 aliphatic rings. The number of benzene rings is 2. The van der Waals surface area contributed by atoms with Crippen molar-refractivity contribution in [1.82, 2.24) is 15.0 Å². The van der Waals surface area contributed by atoms with Crippen molar-refractivity contribution in [3.63, 3.8) is 0 Å². The van der Waals surface area contributed by atoms with Gasteiger partial charge in [-0.25, -0.2) is 4.98 Å². The zero-order chi connectivity index (χ0) is 15.1. The monoisotopic (exact) mass is 289 g/mol. The molecule has 2 heterocycles. The number of aromatic amines is 1. The number of rotatable bonds is 2. The van der Waals surface area contributed by atoms with E-state index in [4.69, 9.17) is 11.5 Å². The summed E-state index contributed by atoms with van der Waals surface area (Å²) in [5.41, 5.74) is 16.0. The normalized spacial score (nSPS) is 11.3. The number of nitrogens with zero attached hydrogens (tertiary/aromatic N) is 2. The van der Waals surface area contributed by atoms with Crippen LogP contribution in [0, 0.1) is 0 Å². The zero-order valence-electron chi connectivity index (χ0n) is 11.9. The van der Waals surface area contributed by atoms with Crippen LogP contribution in [0.15, 0.2) is 48.7 Å². The maximum atomic E-state index is 6.10. The van der Waals surface area contributed by atoms with Crippen LogP contribution < -0.4 is 11.5 Å². The topological polar surface area (TPSA) is 93.6 Å². The van der Waals surface area contributed by atoms with E-state index in [2.05, 4.69) is 33.2 Å². The van der Waals surface area contributed by atoms with Gasteiger partial charge in [-0.1, -0.05) is 30.3 Å². The summed E-state index contributed by atoms with van der Waals surface area (Å²) in [6, 6.07) is 14.4. The highest BCUT2D eigenvalue weighted by Crippen LogP contribution is 2.31. The maximum absolute atomic E-state index is 6.10. The molecule has 4 aromatic rings. The second kappa shape index (κ2) is 4.73. The van der Waals surface area contributed by atoms with Crippen LogP contribution in [0.1, 0.15) is 11.1 Å². The Labute approximate surface area is 127 Å². The zero-order valence-corrected chi connectivity index (χ0v) is 11.9. The average Bonchev–Trinajstić information content (AvgIpc) is 2.96. The van der Waals surface area contributed by atoms with Crippen LogP contribution in [-0.2, 0) is 6.42 Å². The van der Waals surface area contributed by atoms with E-state index in [9.17, 15) is 0 Å². The van der Waals surface area contributed by atoms with Gasteiger partial charge in [-0.15, -0.1) is 0 Å². The molecule has 4 rings (SSSR count). The molecular formula is C17H15N5. The molecule has 0 atom stereocenters. The Morgan fingerprint density at radius 1 is 1.00 bits per heavy atom. The smallest absolute Gasteiger partial charge is 0.222 e. The number of hydrogen-bond acceptors (Lipinski definition) is 4. The Morgan fingerprint density at radius 2 is 1.82 bits per heavy atom. The standard InChI is InChI=1S/C17H15N5/c18-16-14-12-6-7-20-13(12)9-11(15(14)21-17(19)22-16)8-10-4-2-1-3-5-10/h1-7,9,20H,8H2,(H4,18,19,21,22). The number of H-pyrrole nitrogens is 1. The Balaban J connectivity index is 2.03. The van der Waals surface area contributed by atoms with Crippen molar-refractivity contribution in [2.75, 3.05) is 11.5 Å². The van der Waals surface area contributed by atoms with Gasteiger partial charge in [0.05, 0.1) is 10.9 Å². The first-order valence-electron chi connectivity index (χ1n) is 7.08. The van der Waals surface area contributed by atoms with E-state index in [-0.39, 0.29) is 5.95 Å². The molecule has 0 aliphatic carbocycles. The van der Waals surface area contributed by atoms with Crippen LogP contribution in [0.3, 0.4) is 0 Å². The van der Waals surface area contributed by atoms with Crippen LogP contribution in [-0.4, -0.2) is 15.0 Å². The van der Waals surface area contributed by atoms with E-state index in [1.165, 1.54) is 5.56 Å². The highest BCUT2D eigenvalue weighted by atomic mass is 15.0. The second-order valence-corrected chi connectivity index (χ2v) is 5.33. The number of aromatic nitrogens is 3. The van der Waals surface area contributed by atoms with Crippen LogP contribution in [0.5, 0.6) is 0 Å². The molecule has 22 heavy (non-hydrogen) atoms. The molecule has 108 valence electrons. The molecular weight excluding hydrogens is 274 g/mol. The van der Waals surface area contributed by atoms with Crippen molar-refractivity contribution < 1.29 is 0 Å². The van der Waals surface area contributed by atoms with Crippen LogP contribution in [0.25, 0.3) is 21.8 Å². The van der Waals surface area contributed by atoms with Crippen LogP contribution in [0.2, 0.25) is 0 Å². The first-order chi connectivity index (χ1) is 10.7. The summed E-state index contributed by atoms with van der Waals surface area (Å²) in [5, 5.41) is 1.88. The van der Waals surface area contributed by atoms with E-state index in [0.29, 0.717) is 5.82 Å². The van der Waals surface area contributed by atoms with Crippen molar-refractivity contribution in [2.45, 2.75) is 6.42 Å². The third-order valence-corrected chi connectivity index (χ3v) is 3.86. The van der Waals surface area contributed by atoms with E-state index in [0.717, 1.165) is 33.8 Å². The minimum atomic E-state index is 0.203. The van der Waals surface area contributed by atoms with Crippen LogP contribution >= 0.6 is 0 Å². The number of anilines is 2. The molecule has 5 heteroatoms. The van der Waals surface area contributed by atoms with Gasteiger partial charge in [0.15, 0.2) is 0 Å². The number of nitrogens with one attached hydrogen (secondary N) is 1. The largest absolute Gasteiger partial charge is 0.383 e. The quantitative estimate of drug-likeness (QED) is 0.529. The SMILES string of the molecule is Nc1nc(N)c2c(n1)c(Cc1ccccc1)cc1[nH]ccc12. The Hall–Kier alpha value is -3.08. The fourth-order valence-electron chi connectivity index (χ4n) is 2.91. The second-order valence-electron chi connectivity index (χ2n) is 5.33. The molecule has 0 radical (unpaired) electrons. The highest BCUT2D eigenvalue weighted by molar-refractivity contribution is 6.11. The Kier molecular flexibility index (Phi) is 2.72. The summed E-state index contributed by atoms with van der Waals surface area (Å²) in [6.45, 7) is 0. The Morgan fingerprint density at radius 3 is 2.64 bits per heavy atom. The first kappa shape index (κ1) is 12.6. The molecule has 0 spiro atoms. The van der Waals surface area contributed by atoms with E-state index in [1.807, 2.05) is 30.5 Å². The van der Waals surface area contributed by atoms with E-state index >= 15 is 0 Å². The van der Waals surface area contributed by atoms with Gasteiger partial charge in [-0.2, -0.15) is 4.98 Å². The molecule has 0 saturated carbocycles. The van der Waals surface area contributed by atoms with E-state index < -0.39 is 0 Å². The van der Waals surface area contributed by atoms with Crippen molar-refractivity contribution in [3.8, 4) is 0 Å². The molecule has 0 fully saturated rings. The van der Waals surface area contributed by atoms with Gasteiger partial charge in [0.1, 0.15) is 5.82 Å². The van der Waals surface area contributed by atoms with Gasteiger partial charge < -0.3 is 16.5 Å². The lowest BCUT2D eigenvalue weighted by atomic mass is 10.00. The molecule has 0 amide bonds. The van der Waals surface area contributed by atoms with E-state index in [1.54, 1.807) is 0 Å². The predicted molar refractivity (Wildman–Crippen MR) is 89.5 cm³/mol. The molecule has 2 aromatic carbocycles. The highest BCUT2D eigenvalue weighted by Gasteiger charge is 2.13. The lowest BCUT2D eigenvalue weighted by Gasteiger charge is -2.10. The Bertz CT molecular complexity index is 973. The van der Waals surface area contributed by atoms with Gasteiger partial charge in [0.2, 0.25) is 5.95 Å².